The Hall–Kier alpha value is -1.36. The Balaban J connectivity index is 2.32. The molecule has 0 bridgehead atoms. The predicted molar refractivity (Wildman–Crippen MR) is 57.7 cm³/mol. The Kier molecular flexibility index (Phi) is 1.55. The van der Waals surface area contributed by atoms with Crippen LogP contribution in [-0.4, -0.2) is 4.98 Å². The van der Waals surface area contributed by atoms with Crippen molar-refractivity contribution < 1.29 is 0 Å². The van der Waals surface area contributed by atoms with E-state index in [0.29, 0.717) is 5.41 Å². The molecule has 1 spiro atoms. The van der Waals surface area contributed by atoms with E-state index in [1.54, 1.807) is 0 Å². The number of hydrogen-bond acceptors (Lipinski definition) is 2. The molecular weight excluding hydrogens is 184 g/mol. The van der Waals surface area contributed by atoms with Crippen molar-refractivity contribution >= 4 is 0 Å². The van der Waals surface area contributed by atoms with Crippen LogP contribution in [0.3, 0.4) is 0 Å². The normalized spacial score (nSPS) is 20.1. The lowest BCUT2D eigenvalue weighted by molar-refractivity contribution is 0.675. The van der Waals surface area contributed by atoms with Gasteiger partial charge in [-0.2, -0.15) is 5.26 Å². The molecule has 15 heavy (non-hydrogen) atoms. The van der Waals surface area contributed by atoms with E-state index in [0.717, 1.165) is 23.4 Å². The second-order valence-electron chi connectivity index (χ2n) is 4.90. The number of hydrogen-bond donors (Lipinski definition) is 0. The molecule has 2 nitrogen and oxygen atoms in total. The number of rotatable bonds is 0. The van der Waals surface area contributed by atoms with Crippen molar-refractivity contribution in [2.75, 3.05) is 0 Å². The van der Waals surface area contributed by atoms with Gasteiger partial charge >= 0.3 is 0 Å². The van der Waals surface area contributed by atoms with Gasteiger partial charge in [0, 0.05) is 5.69 Å². The minimum atomic E-state index is 0.436. The molecule has 0 aromatic carbocycles. The van der Waals surface area contributed by atoms with Crippen molar-refractivity contribution in [3.8, 4) is 6.07 Å². The molecule has 1 heterocycles. The average molecular weight is 198 g/mol. The molecule has 1 fully saturated rings. The van der Waals surface area contributed by atoms with Gasteiger partial charge in [0.2, 0.25) is 0 Å². The second-order valence-corrected chi connectivity index (χ2v) is 4.90. The number of nitriles is 1. The Morgan fingerprint density at radius 3 is 2.53 bits per heavy atom. The van der Waals surface area contributed by atoms with Crippen LogP contribution in [-0.2, 0) is 11.8 Å². The van der Waals surface area contributed by atoms with E-state index < -0.39 is 0 Å². The highest BCUT2D eigenvalue weighted by molar-refractivity contribution is 5.54. The van der Waals surface area contributed by atoms with Gasteiger partial charge in [-0.3, -0.25) is 4.98 Å². The Morgan fingerprint density at radius 1 is 1.20 bits per heavy atom. The van der Waals surface area contributed by atoms with Crippen molar-refractivity contribution in [2.24, 2.45) is 0 Å². The lowest BCUT2D eigenvalue weighted by Crippen LogP contribution is -2.07. The van der Waals surface area contributed by atoms with Crippen molar-refractivity contribution in [3.05, 3.63) is 28.1 Å². The number of aryl methyl sites for hydroxylation is 2. The molecule has 1 aromatic heterocycles. The topological polar surface area (TPSA) is 36.7 Å². The highest BCUT2D eigenvalue weighted by Gasteiger charge is 2.50. The zero-order chi connectivity index (χ0) is 10.6. The van der Waals surface area contributed by atoms with Crippen LogP contribution in [0.5, 0.6) is 0 Å². The highest BCUT2D eigenvalue weighted by Crippen LogP contribution is 2.58. The van der Waals surface area contributed by atoms with Gasteiger partial charge in [-0.15, -0.1) is 0 Å². The first-order valence-electron chi connectivity index (χ1n) is 5.59. The predicted octanol–water partition coefficient (Wildman–Crippen LogP) is 2.55. The summed E-state index contributed by atoms with van der Waals surface area (Å²) >= 11 is 0. The molecule has 0 N–H and O–H groups in total. The van der Waals surface area contributed by atoms with Crippen LogP contribution >= 0.6 is 0 Å². The van der Waals surface area contributed by atoms with Crippen molar-refractivity contribution in [2.45, 2.75) is 44.9 Å². The van der Waals surface area contributed by atoms with Gasteiger partial charge in [-0.1, -0.05) is 0 Å². The zero-order valence-corrected chi connectivity index (χ0v) is 9.22. The summed E-state index contributed by atoms with van der Waals surface area (Å²) in [5.74, 6) is 0. The lowest BCUT2D eigenvalue weighted by Gasteiger charge is -2.13. The molecule has 0 unspecified atom stereocenters. The van der Waals surface area contributed by atoms with Crippen LogP contribution in [0.25, 0.3) is 0 Å². The van der Waals surface area contributed by atoms with Crippen molar-refractivity contribution in [1.29, 1.82) is 5.26 Å². The fraction of sp³-hybridized carbons (Fsp3) is 0.538. The van der Waals surface area contributed by atoms with Gasteiger partial charge in [0.1, 0.15) is 6.07 Å². The van der Waals surface area contributed by atoms with Gasteiger partial charge in [-0.25, -0.2) is 0 Å². The molecule has 2 heteroatoms. The molecular formula is C13H14N2. The number of fused-ring (bicyclic) bond motifs is 2. The Labute approximate surface area is 90.0 Å². The first-order chi connectivity index (χ1) is 7.18. The minimum Gasteiger partial charge on any atom is -0.257 e. The summed E-state index contributed by atoms with van der Waals surface area (Å²) in [6.45, 7) is 4.04. The summed E-state index contributed by atoms with van der Waals surface area (Å²) in [6, 6.07) is 2.33. The molecule has 3 rings (SSSR count). The van der Waals surface area contributed by atoms with E-state index in [-0.39, 0.29) is 0 Å². The summed E-state index contributed by atoms with van der Waals surface area (Å²) < 4.78 is 0. The molecule has 1 aromatic rings. The van der Waals surface area contributed by atoms with Gasteiger partial charge in [0.05, 0.1) is 11.3 Å². The van der Waals surface area contributed by atoms with Crippen LogP contribution in [0.4, 0.5) is 0 Å². The van der Waals surface area contributed by atoms with Crippen LogP contribution in [0.1, 0.15) is 47.3 Å². The third kappa shape index (κ3) is 1.01. The van der Waals surface area contributed by atoms with Gasteiger partial charge in [0.15, 0.2) is 0 Å². The molecule has 76 valence electrons. The van der Waals surface area contributed by atoms with Gasteiger partial charge < -0.3 is 0 Å². The molecule has 0 saturated heterocycles. The van der Waals surface area contributed by atoms with E-state index >= 15 is 0 Å². The maximum absolute atomic E-state index is 9.17. The third-order valence-corrected chi connectivity index (χ3v) is 4.01. The van der Waals surface area contributed by atoms with Crippen molar-refractivity contribution in [1.82, 2.24) is 4.98 Å². The van der Waals surface area contributed by atoms with Gasteiger partial charge in [-0.05, 0) is 56.1 Å². The molecule has 0 radical (unpaired) electrons. The third-order valence-electron chi connectivity index (χ3n) is 4.01. The minimum absolute atomic E-state index is 0.436. The maximum atomic E-state index is 9.17. The van der Waals surface area contributed by atoms with Crippen molar-refractivity contribution in [3.63, 3.8) is 0 Å². The zero-order valence-electron chi connectivity index (χ0n) is 9.22. The van der Waals surface area contributed by atoms with E-state index in [1.165, 1.54) is 30.4 Å². The number of nitrogens with zero attached hydrogens (tertiary/aromatic N) is 2. The highest BCUT2D eigenvalue weighted by atomic mass is 14.7. The summed E-state index contributed by atoms with van der Waals surface area (Å²) in [6.07, 6.45) is 4.93. The van der Waals surface area contributed by atoms with Crippen LogP contribution in [0, 0.1) is 25.2 Å². The number of aromatic nitrogens is 1. The second kappa shape index (κ2) is 2.61. The monoisotopic (exact) mass is 198 g/mol. The molecule has 2 aliphatic carbocycles. The molecule has 0 atom stereocenters. The van der Waals surface area contributed by atoms with Crippen LogP contribution < -0.4 is 0 Å². The first-order valence-corrected chi connectivity index (χ1v) is 5.59. The summed E-state index contributed by atoms with van der Waals surface area (Å²) in [4.78, 5) is 4.53. The average Bonchev–Trinajstić information content (AvgIpc) is 2.84. The quantitative estimate of drug-likeness (QED) is 0.642. The maximum Gasteiger partial charge on any atom is 0.101 e. The van der Waals surface area contributed by atoms with E-state index in [1.807, 2.05) is 6.92 Å². The number of pyridine rings is 1. The largest absolute Gasteiger partial charge is 0.257 e. The Bertz CT molecular complexity index is 490. The molecule has 2 aliphatic rings. The summed E-state index contributed by atoms with van der Waals surface area (Å²) in [5.41, 5.74) is 6.08. The summed E-state index contributed by atoms with van der Waals surface area (Å²) in [7, 11) is 0. The van der Waals surface area contributed by atoms with E-state index in [2.05, 4.69) is 18.0 Å². The van der Waals surface area contributed by atoms with Gasteiger partial charge in [0.25, 0.3) is 0 Å². The summed E-state index contributed by atoms with van der Waals surface area (Å²) in [5, 5.41) is 9.17. The van der Waals surface area contributed by atoms with E-state index in [9.17, 15) is 5.26 Å². The SMILES string of the molecule is Cc1nc(C)c2c(c1C#N)CCC21CC1. The molecule has 1 saturated carbocycles. The van der Waals surface area contributed by atoms with E-state index in [4.69, 9.17) is 0 Å². The first kappa shape index (κ1) is 8.91. The molecule has 0 aliphatic heterocycles. The lowest BCUT2D eigenvalue weighted by atomic mass is 9.95. The smallest absolute Gasteiger partial charge is 0.101 e. The van der Waals surface area contributed by atoms with Crippen LogP contribution in [0.15, 0.2) is 0 Å². The molecule has 0 amide bonds. The fourth-order valence-electron chi connectivity index (χ4n) is 3.17. The fourth-order valence-corrected chi connectivity index (χ4v) is 3.17. The van der Waals surface area contributed by atoms with Crippen LogP contribution in [0.2, 0.25) is 0 Å². The standard InChI is InChI=1S/C13H14N2/c1-8-11(7-14)10-3-4-13(5-6-13)12(10)9(2)15-8/h3-6H2,1-2H3. The Morgan fingerprint density at radius 2 is 1.93 bits per heavy atom.